The van der Waals surface area contributed by atoms with E-state index in [4.69, 9.17) is 9.26 Å². The molecule has 6 heteroatoms. The second kappa shape index (κ2) is 6.13. The standard InChI is InChI=1S/C18H16N2O3S/c1-22-12-4-2-11(3-5-12)10-19-18(21)16-14-6-7-15-13(8-9-24-15)17(14)23-20-16/h2-5,8-9H,6-7,10H2,1H3,(H,19,21). The lowest BCUT2D eigenvalue weighted by molar-refractivity contribution is 0.0941. The third kappa shape index (κ3) is 2.59. The van der Waals surface area contributed by atoms with E-state index in [1.807, 2.05) is 35.7 Å². The molecule has 1 N–H and O–H groups in total. The van der Waals surface area contributed by atoms with Crippen LogP contribution in [0.2, 0.25) is 0 Å². The largest absolute Gasteiger partial charge is 0.497 e. The minimum atomic E-state index is -0.200. The van der Waals surface area contributed by atoms with Crippen molar-refractivity contribution in [2.45, 2.75) is 19.4 Å². The van der Waals surface area contributed by atoms with Gasteiger partial charge in [0.1, 0.15) is 5.75 Å². The van der Waals surface area contributed by atoms with Gasteiger partial charge >= 0.3 is 0 Å². The fourth-order valence-corrected chi connectivity index (χ4v) is 3.79. The van der Waals surface area contributed by atoms with Crippen molar-refractivity contribution in [1.82, 2.24) is 10.5 Å². The number of carbonyl (C=O) groups is 1. The van der Waals surface area contributed by atoms with Gasteiger partial charge in [0.05, 0.1) is 7.11 Å². The van der Waals surface area contributed by atoms with Gasteiger partial charge < -0.3 is 14.6 Å². The molecule has 1 aliphatic carbocycles. The Kier molecular flexibility index (Phi) is 3.82. The number of methoxy groups -OCH3 is 1. The van der Waals surface area contributed by atoms with Gasteiger partial charge in [-0.05, 0) is 42.0 Å². The van der Waals surface area contributed by atoms with Crippen LogP contribution in [0, 0.1) is 0 Å². The second-order valence-electron chi connectivity index (χ2n) is 5.63. The van der Waals surface area contributed by atoms with Gasteiger partial charge in [0.15, 0.2) is 11.5 Å². The molecule has 0 spiro atoms. The summed E-state index contributed by atoms with van der Waals surface area (Å²) >= 11 is 1.72. The Morgan fingerprint density at radius 2 is 2.12 bits per heavy atom. The predicted molar refractivity (Wildman–Crippen MR) is 91.4 cm³/mol. The maximum Gasteiger partial charge on any atom is 0.274 e. The van der Waals surface area contributed by atoms with Crippen molar-refractivity contribution in [3.8, 4) is 17.1 Å². The van der Waals surface area contributed by atoms with Crippen LogP contribution in [0.4, 0.5) is 0 Å². The zero-order chi connectivity index (χ0) is 16.5. The van der Waals surface area contributed by atoms with Crippen LogP contribution < -0.4 is 10.1 Å². The van der Waals surface area contributed by atoms with Crippen molar-refractivity contribution >= 4 is 17.2 Å². The summed E-state index contributed by atoms with van der Waals surface area (Å²) in [5.41, 5.74) is 3.38. The maximum atomic E-state index is 12.5. The van der Waals surface area contributed by atoms with Crippen LogP contribution in [0.3, 0.4) is 0 Å². The summed E-state index contributed by atoms with van der Waals surface area (Å²) < 4.78 is 10.6. The molecule has 0 saturated heterocycles. The number of carbonyl (C=O) groups excluding carboxylic acids is 1. The molecule has 0 radical (unpaired) electrons. The summed E-state index contributed by atoms with van der Waals surface area (Å²) in [6, 6.07) is 9.63. The van der Waals surface area contributed by atoms with E-state index < -0.39 is 0 Å². The van der Waals surface area contributed by atoms with Crippen molar-refractivity contribution in [3.63, 3.8) is 0 Å². The van der Waals surface area contributed by atoms with Gasteiger partial charge in [-0.1, -0.05) is 17.3 Å². The van der Waals surface area contributed by atoms with Crippen LogP contribution in [0.15, 0.2) is 40.2 Å². The first-order valence-electron chi connectivity index (χ1n) is 7.72. The number of nitrogens with one attached hydrogen (secondary N) is 1. The molecule has 1 aliphatic rings. The van der Waals surface area contributed by atoms with Crippen LogP contribution in [0.25, 0.3) is 11.3 Å². The Bertz CT molecular complexity index is 880. The van der Waals surface area contributed by atoms with Gasteiger partial charge in [-0.3, -0.25) is 4.79 Å². The van der Waals surface area contributed by atoms with Gasteiger partial charge in [-0.25, -0.2) is 0 Å². The smallest absolute Gasteiger partial charge is 0.274 e. The zero-order valence-electron chi connectivity index (χ0n) is 13.2. The molecule has 1 amide bonds. The van der Waals surface area contributed by atoms with E-state index in [0.717, 1.165) is 41.0 Å². The lowest BCUT2D eigenvalue weighted by Gasteiger charge is -2.10. The van der Waals surface area contributed by atoms with E-state index in [-0.39, 0.29) is 5.91 Å². The molecule has 1 aromatic carbocycles. The molecule has 0 bridgehead atoms. The predicted octanol–water partition coefficient (Wildman–Crippen LogP) is 3.44. The monoisotopic (exact) mass is 340 g/mol. The van der Waals surface area contributed by atoms with Crippen molar-refractivity contribution in [2.75, 3.05) is 7.11 Å². The Balaban J connectivity index is 1.50. The van der Waals surface area contributed by atoms with Crippen LogP contribution >= 0.6 is 11.3 Å². The lowest BCUT2D eigenvalue weighted by Crippen LogP contribution is -2.24. The summed E-state index contributed by atoms with van der Waals surface area (Å²) in [7, 11) is 1.63. The second-order valence-corrected chi connectivity index (χ2v) is 6.63. The summed E-state index contributed by atoms with van der Waals surface area (Å²) in [5, 5.41) is 8.97. The normalized spacial score (nSPS) is 12.4. The van der Waals surface area contributed by atoms with E-state index in [0.29, 0.717) is 12.2 Å². The SMILES string of the molecule is COc1ccc(CNC(=O)c2noc3c2CCc2sccc2-3)cc1. The van der Waals surface area contributed by atoms with Gasteiger partial charge in [0.2, 0.25) is 0 Å². The maximum absolute atomic E-state index is 12.5. The molecule has 0 unspecified atom stereocenters. The number of amides is 1. The van der Waals surface area contributed by atoms with Gasteiger partial charge in [-0.15, -0.1) is 11.3 Å². The number of rotatable bonds is 4. The van der Waals surface area contributed by atoms with Crippen LogP contribution in [-0.4, -0.2) is 18.2 Å². The molecule has 4 rings (SSSR count). The van der Waals surface area contributed by atoms with Crippen molar-refractivity contribution in [3.05, 3.63) is 57.4 Å². The molecule has 0 fully saturated rings. The van der Waals surface area contributed by atoms with E-state index in [2.05, 4.69) is 10.5 Å². The highest BCUT2D eigenvalue weighted by Crippen LogP contribution is 2.37. The zero-order valence-corrected chi connectivity index (χ0v) is 14.0. The highest BCUT2D eigenvalue weighted by Gasteiger charge is 2.28. The average molecular weight is 340 g/mol. The van der Waals surface area contributed by atoms with E-state index in [1.165, 1.54) is 4.88 Å². The number of benzene rings is 1. The molecule has 3 aromatic rings. The van der Waals surface area contributed by atoms with Crippen LogP contribution in [0.5, 0.6) is 5.75 Å². The van der Waals surface area contributed by atoms with Crippen LogP contribution in [-0.2, 0) is 19.4 Å². The van der Waals surface area contributed by atoms with E-state index >= 15 is 0 Å². The molecular weight excluding hydrogens is 324 g/mol. The number of nitrogens with zero attached hydrogens (tertiary/aromatic N) is 1. The quantitative estimate of drug-likeness (QED) is 0.790. The molecule has 2 aromatic heterocycles. The molecule has 122 valence electrons. The van der Waals surface area contributed by atoms with Crippen LogP contribution in [0.1, 0.15) is 26.5 Å². The third-order valence-corrected chi connectivity index (χ3v) is 5.19. The molecule has 0 atom stereocenters. The number of aryl methyl sites for hydroxylation is 1. The fourth-order valence-electron chi connectivity index (χ4n) is 2.92. The molecule has 0 aliphatic heterocycles. The Morgan fingerprint density at radius 1 is 1.29 bits per heavy atom. The molecular formula is C18H16N2O3S. The Labute approximate surface area is 143 Å². The molecule has 0 saturated carbocycles. The molecule has 24 heavy (non-hydrogen) atoms. The van der Waals surface area contributed by atoms with Gasteiger partial charge in [-0.2, -0.15) is 0 Å². The highest BCUT2D eigenvalue weighted by molar-refractivity contribution is 7.10. The minimum Gasteiger partial charge on any atom is -0.497 e. The fraction of sp³-hybridized carbons (Fsp3) is 0.222. The summed E-state index contributed by atoms with van der Waals surface area (Å²) in [6.45, 7) is 0.439. The van der Waals surface area contributed by atoms with E-state index in [1.54, 1.807) is 18.4 Å². The third-order valence-electron chi connectivity index (χ3n) is 4.21. The summed E-state index contributed by atoms with van der Waals surface area (Å²) in [4.78, 5) is 13.8. The number of thiophene rings is 1. The number of hydrogen-bond acceptors (Lipinski definition) is 5. The topological polar surface area (TPSA) is 64.4 Å². The Morgan fingerprint density at radius 3 is 2.92 bits per heavy atom. The van der Waals surface area contributed by atoms with Crippen molar-refractivity contribution in [2.24, 2.45) is 0 Å². The van der Waals surface area contributed by atoms with Gasteiger partial charge in [0.25, 0.3) is 5.91 Å². The molecule has 5 nitrogen and oxygen atoms in total. The average Bonchev–Trinajstić information content (AvgIpc) is 3.25. The number of ether oxygens (including phenoxy) is 1. The first-order chi connectivity index (χ1) is 11.8. The lowest BCUT2D eigenvalue weighted by atomic mass is 9.95. The minimum absolute atomic E-state index is 0.200. The first-order valence-corrected chi connectivity index (χ1v) is 8.60. The van der Waals surface area contributed by atoms with Crippen molar-refractivity contribution < 1.29 is 14.1 Å². The molecule has 2 heterocycles. The first kappa shape index (κ1) is 15.0. The Hall–Kier alpha value is -2.60. The number of aromatic nitrogens is 1. The van der Waals surface area contributed by atoms with E-state index in [9.17, 15) is 4.79 Å². The van der Waals surface area contributed by atoms with Crippen molar-refractivity contribution in [1.29, 1.82) is 0 Å². The van der Waals surface area contributed by atoms with Gasteiger partial charge in [0, 0.05) is 22.5 Å². The number of hydrogen-bond donors (Lipinski definition) is 1. The summed E-state index contributed by atoms with van der Waals surface area (Å²) in [6.07, 6.45) is 1.72. The highest BCUT2D eigenvalue weighted by atomic mass is 32.1. The summed E-state index contributed by atoms with van der Waals surface area (Å²) in [5.74, 6) is 1.34. The number of fused-ring (bicyclic) bond motifs is 3.